The fourth-order valence-electron chi connectivity index (χ4n) is 2.65. The summed E-state index contributed by atoms with van der Waals surface area (Å²) in [6.07, 6.45) is 3.54. The van der Waals surface area contributed by atoms with Crippen molar-refractivity contribution in [1.82, 2.24) is 0 Å². The van der Waals surface area contributed by atoms with Crippen LogP contribution in [0.25, 0.3) is 0 Å². The minimum atomic E-state index is 0.0357. The topological polar surface area (TPSA) is 9.23 Å². The Bertz CT molecular complexity index is 320. The predicted octanol–water partition coefficient (Wildman–Crippen LogP) is 3.67. The molecule has 1 aliphatic heterocycles. The van der Waals surface area contributed by atoms with Crippen molar-refractivity contribution in [3.63, 3.8) is 0 Å². The number of hydrogen-bond donors (Lipinski definition) is 0. The molecule has 0 N–H and O–H groups in total. The number of allylic oxidation sites excluding steroid dienone is 4. The minimum absolute atomic E-state index is 0.0357. The van der Waals surface area contributed by atoms with Crippen LogP contribution in [-0.2, 0) is 4.74 Å². The van der Waals surface area contributed by atoms with Crippen molar-refractivity contribution in [2.24, 2.45) is 11.8 Å². The lowest BCUT2D eigenvalue weighted by Gasteiger charge is -2.24. The molecule has 0 radical (unpaired) electrons. The van der Waals surface area contributed by atoms with E-state index in [1.54, 1.807) is 0 Å². The molecule has 0 bridgehead atoms. The van der Waals surface area contributed by atoms with Crippen molar-refractivity contribution in [1.29, 1.82) is 0 Å². The first-order valence-electron chi connectivity index (χ1n) is 5.49. The molecule has 0 aromatic rings. The van der Waals surface area contributed by atoms with Crippen molar-refractivity contribution in [2.45, 2.75) is 46.6 Å². The molecule has 2 atom stereocenters. The molecule has 1 saturated heterocycles. The van der Waals surface area contributed by atoms with E-state index in [1.807, 2.05) is 0 Å². The summed E-state index contributed by atoms with van der Waals surface area (Å²) in [4.78, 5) is 0. The number of hydrogen-bond acceptors (Lipinski definition) is 1. The van der Waals surface area contributed by atoms with Crippen LogP contribution < -0.4 is 0 Å². The van der Waals surface area contributed by atoms with E-state index in [9.17, 15) is 0 Å². The molecule has 1 heterocycles. The Hall–Kier alpha value is -0.720. The summed E-state index contributed by atoms with van der Waals surface area (Å²) < 4.78 is 6.04. The standard InChI is InChI=1S/C13H20O/c1-8-6-9(2)11-7-13(4,5)14-12(11)10(8)3/h6,9,11H,7H2,1-5H3/t9-,11-/m0/s1. The Balaban J connectivity index is 2.40. The fourth-order valence-corrected chi connectivity index (χ4v) is 2.65. The van der Waals surface area contributed by atoms with Gasteiger partial charge < -0.3 is 4.74 Å². The van der Waals surface area contributed by atoms with Crippen molar-refractivity contribution < 1.29 is 4.74 Å². The first kappa shape index (κ1) is 9.82. The Labute approximate surface area is 86.8 Å². The van der Waals surface area contributed by atoms with Gasteiger partial charge in [-0.2, -0.15) is 0 Å². The van der Waals surface area contributed by atoms with Gasteiger partial charge in [0.1, 0.15) is 11.4 Å². The molecule has 0 amide bonds. The second-order valence-corrected chi connectivity index (χ2v) is 5.37. The van der Waals surface area contributed by atoms with Crippen LogP contribution >= 0.6 is 0 Å². The van der Waals surface area contributed by atoms with Crippen LogP contribution in [0.3, 0.4) is 0 Å². The van der Waals surface area contributed by atoms with E-state index >= 15 is 0 Å². The molecule has 0 saturated carbocycles. The van der Waals surface area contributed by atoms with Crippen molar-refractivity contribution in [3.05, 3.63) is 23.0 Å². The van der Waals surface area contributed by atoms with E-state index < -0.39 is 0 Å². The second kappa shape index (κ2) is 2.88. The van der Waals surface area contributed by atoms with Gasteiger partial charge in [0.05, 0.1) is 0 Å². The summed E-state index contributed by atoms with van der Waals surface area (Å²) in [7, 11) is 0. The van der Waals surface area contributed by atoms with Gasteiger partial charge in [0.25, 0.3) is 0 Å². The fraction of sp³-hybridized carbons (Fsp3) is 0.692. The van der Waals surface area contributed by atoms with E-state index in [2.05, 4.69) is 40.7 Å². The average molecular weight is 192 g/mol. The molecule has 1 nitrogen and oxygen atoms in total. The molecule has 14 heavy (non-hydrogen) atoms. The maximum Gasteiger partial charge on any atom is 0.104 e. The molecule has 1 heteroatoms. The molecule has 1 aliphatic carbocycles. The molecular formula is C13H20O. The Morgan fingerprint density at radius 1 is 1.36 bits per heavy atom. The lowest BCUT2D eigenvalue weighted by Crippen LogP contribution is -2.17. The lowest BCUT2D eigenvalue weighted by atomic mass is 9.80. The quantitative estimate of drug-likeness (QED) is 0.569. The van der Waals surface area contributed by atoms with Gasteiger partial charge in [-0.3, -0.25) is 0 Å². The molecular weight excluding hydrogens is 172 g/mol. The third-order valence-electron chi connectivity index (χ3n) is 3.54. The zero-order valence-electron chi connectivity index (χ0n) is 9.85. The molecule has 0 spiro atoms. The number of ether oxygens (including phenoxy) is 1. The minimum Gasteiger partial charge on any atom is -0.492 e. The molecule has 2 rings (SSSR count). The van der Waals surface area contributed by atoms with E-state index in [1.165, 1.54) is 16.9 Å². The third kappa shape index (κ3) is 1.39. The van der Waals surface area contributed by atoms with E-state index in [0.717, 1.165) is 6.42 Å². The SMILES string of the molecule is CC1=C[C@H](C)[C@@H]2CC(C)(C)OC2=C1C. The van der Waals surface area contributed by atoms with Crippen LogP contribution in [0.2, 0.25) is 0 Å². The molecule has 0 aromatic heterocycles. The number of fused-ring (bicyclic) bond motifs is 1. The van der Waals surface area contributed by atoms with E-state index in [-0.39, 0.29) is 5.60 Å². The predicted molar refractivity (Wildman–Crippen MR) is 58.9 cm³/mol. The summed E-state index contributed by atoms with van der Waals surface area (Å²) >= 11 is 0. The Kier molecular flexibility index (Phi) is 2.02. The third-order valence-corrected chi connectivity index (χ3v) is 3.54. The second-order valence-electron chi connectivity index (χ2n) is 5.37. The van der Waals surface area contributed by atoms with Gasteiger partial charge in [0, 0.05) is 5.92 Å². The van der Waals surface area contributed by atoms with Crippen molar-refractivity contribution in [3.8, 4) is 0 Å². The van der Waals surface area contributed by atoms with Crippen molar-refractivity contribution in [2.75, 3.05) is 0 Å². The van der Waals surface area contributed by atoms with Crippen LogP contribution in [0.4, 0.5) is 0 Å². The van der Waals surface area contributed by atoms with Gasteiger partial charge in [-0.1, -0.05) is 13.0 Å². The first-order valence-corrected chi connectivity index (χ1v) is 5.49. The van der Waals surface area contributed by atoms with Gasteiger partial charge in [0.2, 0.25) is 0 Å². The molecule has 0 unspecified atom stereocenters. The highest BCUT2D eigenvalue weighted by molar-refractivity contribution is 5.37. The van der Waals surface area contributed by atoms with Gasteiger partial charge >= 0.3 is 0 Å². The largest absolute Gasteiger partial charge is 0.492 e. The highest BCUT2D eigenvalue weighted by Gasteiger charge is 2.41. The maximum atomic E-state index is 6.04. The van der Waals surface area contributed by atoms with Gasteiger partial charge in [-0.05, 0) is 51.2 Å². The molecule has 1 fully saturated rings. The van der Waals surface area contributed by atoms with Crippen LogP contribution in [0.5, 0.6) is 0 Å². The van der Waals surface area contributed by atoms with Crippen molar-refractivity contribution >= 4 is 0 Å². The molecule has 0 aromatic carbocycles. The van der Waals surface area contributed by atoms with Crippen LogP contribution in [0.1, 0.15) is 41.0 Å². The van der Waals surface area contributed by atoms with E-state index in [4.69, 9.17) is 4.74 Å². The highest BCUT2D eigenvalue weighted by atomic mass is 16.5. The van der Waals surface area contributed by atoms with Gasteiger partial charge in [-0.25, -0.2) is 0 Å². The normalized spacial score (nSPS) is 35.1. The van der Waals surface area contributed by atoms with Crippen LogP contribution in [-0.4, -0.2) is 5.60 Å². The Morgan fingerprint density at radius 2 is 2.00 bits per heavy atom. The van der Waals surface area contributed by atoms with Crippen LogP contribution in [0, 0.1) is 11.8 Å². The Morgan fingerprint density at radius 3 is 2.64 bits per heavy atom. The summed E-state index contributed by atoms with van der Waals surface area (Å²) in [5.74, 6) is 2.51. The van der Waals surface area contributed by atoms with E-state index in [0.29, 0.717) is 11.8 Å². The van der Waals surface area contributed by atoms with Crippen LogP contribution in [0.15, 0.2) is 23.0 Å². The lowest BCUT2D eigenvalue weighted by molar-refractivity contribution is 0.0751. The summed E-state index contributed by atoms with van der Waals surface area (Å²) in [6.45, 7) is 11.0. The monoisotopic (exact) mass is 192 g/mol. The summed E-state index contributed by atoms with van der Waals surface area (Å²) in [5, 5.41) is 0. The van der Waals surface area contributed by atoms with Gasteiger partial charge in [-0.15, -0.1) is 0 Å². The number of rotatable bonds is 0. The average Bonchev–Trinajstić information content (AvgIpc) is 2.38. The summed E-state index contributed by atoms with van der Waals surface area (Å²) in [6, 6.07) is 0. The summed E-state index contributed by atoms with van der Waals surface area (Å²) in [5.41, 5.74) is 2.79. The van der Waals surface area contributed by atoms with Gasteiger partial charge in [0.15, 0.2) is 0 Å². The smallest absolute Gasteiger partial charge is 0.104 e. The zero-order valence-corrected chi connectivity index (χ0v) is 9.85. The first-order chi connectivity index (χ1) is 6.41. The zero-order chi connectivity index (χ0) is 10.5. The highest BCUT2D eigenvalue weighted by Crippen LogP contribution is 2.46. The molecule has 2 aliphatic rings. The maximum absolute atomic E-state index is 6.04. The molecule has 78 valence electrons.